The van der Waals surface area contributed by atoms with Gasteiger partial charge in [-0.1, -0.05) is 30.3 Å². The summed E-state index contributed by atoms with van der Waals surface area (Å²) >= 11 is 0. The van der Waals surface area contributed by atoms with Crippen molar-refractivity contribution in [3.05, 3.63) is 65.7 Å². The van der Waals surface area contributed by atoms with Crippen molar-refractivity contribution < 1.29 is 8.42 Å². The molecule has 5 heteroatoms. The molecule has 1 aliphatic rings. The average Bonchev–Trinajstić information content (AvgIpc) is 2.74. The molecule has 0 amide bonds. The summed E-state index contributed by atoms with van der Waals surface area (Å²) < 4.78 is 25.2. The number of benzene rings is 2. The number of rotatable bonds is 7. The Labute approximate surface area is 175 Å². The summed E-state index contributed by atoms with van der Waals surface area (Å²) in [6.07, 6.45) is 3.76. The molecule has 1 atom stereocenters. The topological polar surface area (TPSA) is 61.2 Å². The van der Waals surface area contributed by atoms with E-state index in [0.29, 0.717) is 22.8 Å². The van der Waals surface area contributed by atoms with Gasteiger partial charge in [0.25, 0.3) is 0 Å². The van der Waals surface area contributed by atoms with Crippen LogP contribution < -0.4 is 0 Å². The fraction of sp³-hybridized carbons (Fsp3) is 0.458. The predicted molar refractivity (Wildman–Crippen MR) is 117 cm³/mol. The second kappa shape index (κ2) is 9.11. The molecule has 0 N–H and O–H groups in total. The van der Waals surface area contributed by atoms with Gasteiger partial charge in [0, 0.05) is 6.54 Å². The third-order valence-electron chi connectivity index (χ3n) is 6.03. The fourth-order valence-electron chi connectivity index (χ4n) is 4.17. The van der Waals surface area contributed by atoms with Gasteiger partial charge in [-0.25, -0.2) is 8.42 Å². The fourth-order valence-corrected chi connectivity index (χ4v) is 5.74. The maximum absolute atomic E-state index is 13.0. The molecule has 0 aromatic heterocycles. The van der Waals surface area contributed by atoms with Gasteiger partial charge in [0.15, 0.2) is 9.84 Å². The van der Waals surface area contributed by atoms with Gasteiger partial charge in [-0.05, 0) is 88.4 Å². The highest BCUT2D eigenvalue weighted by Crippen LogP contribution is 2.31. The van der Waals surface area contributed by atoms with E-state index in [1.165, 1.54) is 5.56 Å². The summed E-state index contributed by atoms with van der Waals surface area (Å²) in [5, 5.41) is 9.14. The number of piperidine rings is 1. The zero-order chi connectivity index (χ0) is 20.9. The standard InChI is InChI=1S/C24H30N2O2S/c1-24(2,29(27,28)23-12-4-3-5-13-23)14-8-16-26-15-7-11-22(19-26)21-10-6-9-20(17-21)18-25/h3-6,9-10,12-13,17,22H,7-8,11,14-16,19H2,1-2H3. The van der Waals surface area contributed by atoms with Gasteiger partial charge in [0.05, 0.1) is 21.3 Å². The van der Waals surface area contributed by atoms with Gasteiger partial charge < -0.3 is 4.90 Å². The molecule has 1 unspecified atom stereocenters. The van der Waals surface area contributed by atoms with E-state index in [0.717, 1.165) is 38.9 Å². The van der Waals surface area contributed by atoms with Crippen molar-refractivity contribution in [1.29, 1.82) is 5.26 Å². The van der Waals surface area contributed by atoms with Crippen LogP contribution in [0.4, 0.5) is 0 Å². The molecule has 154 valence electrons. The summed E-state index contributed by atoms with van der Waals surface area (Å²) in [6.45, 7) is 6.60. The van der Waals surface area contributed by atoms with Crippen molar-refractivity contribution in [2.24, 2.45) is 0 Å². The van der Waals surface area contributed by atoms with E-state index in [9.17, 15) is 8.42 Å². The molecule has 1 heterocycles. The lowest BCUT2D eigenvalue weighted by Crippen LogP contribution is -2.37. The lowest BCUT2D eigenvalue weighted by molar-refractivity contribution is 0.202. The third kappa shape index (κ3) is 5.07. The molecule has 1 fully saturated rings. The Balaban J connectivity index is 1.58. The van der Waals surface area contributed by atoms with Gasteiger partial charge in [0.1, 0.15) is 0 Å². The van der Waals surface area contributed by atoms with E-state index in [-0.39, 0.29) is 0 Å². The van der Waals surface area contributed by atoms with Crippen LogP contribution in [-0.4, -0.2) is 37.7 Å². The highest BCUT2D eigenvalue weighted by Gasteiger charge is 2.35. The second-order valence-electron chi connectivity index (χ2n) is 8.56. The number of likely N-dealkylation sites (tertiary alicyclic amines) is 1. The molecule has 0 saturated carbocycles. The maximum Gasteiger partial charge on any atom is 0.183 e. The van der Waals surface area contributed by atoms with Crippen LogP contribution in [0.3, 0.4) is 0 Å². The van der Waals surface area contributed by atoms with Crippen LogP contribution in [0.25, 0.3) is 0 Å². The minimum atomic E-state index is -3.35. The van der Waals surface area contributed by atoms with E-state index < -0.39 is 14.6 Å². The minimum Gasteiger partial charge on any atom is -0.303 e. The lowest BCUT2D eigenvalue weighted by Gasteiger charge is -2.34. The van der Waals surface area contributed by atoms with Crippen molar-refractivity contribution in [2.75, 3.05) is 19.6 Å². The summed E-state index contributed by atoms with van der Waals surface area (Å²) in [6, 6.07) is 18.9. The summed E-state index contributed by atoms with van der Waals surface area (Å²) in [5.74, 6) is 0.443. The van der Waals surface area contributed by atoms with E-state index in [4.69, 9.17) is 5.26 Å². The molecule has 4 nitrogen and oxygen atoms in total. The summed E-state index contributed by atoms with van der Waals surface area (Å²) in [4.78, 5) is 2.85. The molecule has 3 rings (SSSR count). The number of hydrogen-bond donors (Lipinski definition) is 0. The Morgan fingerprint density at radius 3 is 2.62 bits per heavy atom. The Hall–Kier alpha value is -2.16. The molecular formula is C24H30N2O2S. The van der Waals surface area contributed by atoms with Gasteiger partial charge in [0.2, 0.25) is 0 Å². The molecule has 1 saturated heterocycles. The monoisotopic (exact) mass is 410 g/mol. The molecule has 0 aliphatic carbocycles. The van der Waals surface area contributed by atoms with Crippen molar-refractivity contribution >= 4 is 9.84 Å². The third-order valence-corrected chi connectivity index (χ3v) is 8.58. The molecule has 0 bridgehead atoms. The Morgan fingerprint density at radius 1 is 1.14 bits per heavy atom. The van der Waals surface area contributed by atoms with E-state index in [1.54, 1.807) is 24.3 Å². The first-order chi connectivity index (χ1) is 13.8. The van der Waals surface area contributed by atoms with Crippen LogP contribution in [-0.2, 0) is 9.84 Å². The number of hydrogen-bond acceptors (Lipinski definition) is 4. The van der Waals surface area contributed by atoms with Gasteiger partial charge in [-0.15, -0.1) is 0 Å². The van der Waals surface area contributed by atoms with E-state index in [2.05, 4.69) is 17.0 Å². The number of nitrogens with zero attached hydrogens (tertiary/aromatic N) is 2. The highest BCUT2D eigenvalue weighted by atomic mass is 32.2. The van der Waals surface area contributed by atoms with Crippen LogP contribution in [0.1, 0.15) is 56.6 Å². The van der Waals surface area contributed by atoms with E-state index in [1.807, 2.05) is 38.1 Å². The first-order valence-corrected chi connectivity index (χ1v) is 11.8. The van der Waals surface area contributed by atoms with Crippen LogP contribution >= 0.6 is 0 Å². The van der Waals surface area contributed by atoms with Crippen molar-refractivity contribution in [3.63, 3.8) is 0 Å². The van der Waals surface area contributed by atoms with Crippen molar-refractivity contribution in [2.45, 2.75) is 55.1 Å². The van der Waals surface area contributed by atoms with Crippen molar-refractivity contribution in [3.8, 4) is 6.07 Å². The predicted octanol–water partition coefficient (Wildman–Crippen LogP) is 4.77. The van der Waals surface area contributed by atoms with Crippen LogP contribution in [0, 0.1) is 11.3 Å². The molecule has 2 aromatic rings. The number of nitriles is 1. The van der Waals surface area contributed by atoms with E-state index >= 15 is 0 Å². The maximum atomic E-state index is 13.0. The first-order valence-electron chi connectivity index (χ1n) is 10.4. The largest absolute Gasteiger partial charge is 0.303 e. The van der Waals surface area contributed by atoms with Crippen LogP contribution in [0.15, 0.2) is 59.5 Å². The first kappa shape index (κ1) is 21.5. The Morgan fingerprint density at radius 2 is 1.90 bits per heavy atom. The van der Waals surface area contributed by atoms with Crippen LogP contribution in [0.2, 0.25) is 0 Å². The van der Waals surface area contributed by atoms with Gasteiger partial charge in [-0.3, -0.25) is 0 Å². The highest BCUT2D eigenvalue weighted by molar-refractivity contribution is 7.92. The normalized spacial score (nSPS) is 18.3. The molecule has 29 heavy (non-hydrogen) atoms. The van der Waals surface area contributed by atoms with Gasteiger partial charge in [-0.2, -0.15) is 5.26 Å². The smallest absolute Gasteiger partial charge is 0.183 e. The quantitative estimate of drug-likeness (QED) is 0.660. The summed E-state index contributed by atoms with van der Waals surface area (Å²) in [5.41, 5.74) is 1.95. The zero-order valence-corrected chi connectivity index (χ0v) is 18.2. The lowest BCUT2D eigenvalue weighted by atomic mass is 9.89. The Bertz CT molecular complexity index is 962. The zero-order valence-electron chi connectivity index (χ0n) is 17.3. The SMILES string of the molecule is CC(C)(CCCN1CCCC(c2cccc(C#N)c2)C1)S(=O)(=O)c1ccccc1. The molecule has 0 radical (unpaired) electrons. The summed E-state index contributed by atoms with van der Waals surface area (Å²) in [7, 11) is -3.35. The molecule has 0 spiro atoms. The second-order valence-corrected chi connectivity index (χ2v) is 11.1. The molecule has 2 aromatic carbocycles. The van der Waals surface area contributed by atoms with Crippen molar-refractivity contribution in [1.82, 2.24) is 4.90 Å². The molecule has 1 aliphatic heterocycles. The van der Waals surface area contributed by atoms with Gasteiger partial charge >= 0.3 is 0 Å². The minimum absolute atomic E-state index is 0.403. The molecular weight excluding hydrogens is 380 g/mol. The Kier molecular flexibility index (Phi) is 6.77. The number of sulfone groups is 1. The van der Waals surface area contributed by atoms with Crippen LogP contribution in [0.5, 0.6) is 0 Å². The average molecular weight is 411 g/mol.